The SMILES string of the molecule is CC.CCCCc1ccc(CCC)cc1. The Bertz CT molecular complexity index is 220. The van der Waals surface area contributed by atoms with Gasteiger partial charge >= 0.3 is 0 Å². The number of benzene rings is 1. The van der Waals surface area contributed by atoms with Gasteiger partial charge in [0.15, 0.2) is 0 Å². The van der Waals surface area contributed by atoms with E-state index in [1.165, 1.54) is 43.2 Å². The van der Waals surface area contributed by atoms with E-state index in [0.29, 0.717) is 0 Å². The Kier molecular flexibility index (Phi) is 9.26. The highest BCUT2D eigenvalue weighted by Gasteiger charge is 1.93. The lowest BCUT2D eigenvalue weighted by atomic mass is 10.0. The highest BCUT2D eigenvalue weighted by atomic mass is 14.0. The molecule has 0 atom stereocenters. The molecule has 1 aromatic rings. The smallest absolute Gasteiger partial charge is 0.0279 e. The summed E-state index contributed by atoms with van der Waals surface area (Å²) in [5.74, 6) is 0. The molecule has 0 saturated carbocycles. The Balaban J connectivity index is 0.000000921. The van der Waals surface area contributed by atoms with E-state index < -0.39 is 0 Å². The third kappa shape index (κ3) is 6.33. The summed E-state index contributed by atoms with van der Waals surface area (Å²) in [6, 6.07) is 9.10. The Morgan fingerprint density at radius 2 is 1.20 bits per heavy atom. The number of unbranched alkanes of at least 4 members (excludes halogenated alkanes) is 1. The van der Waals surface area contributed by atoms with Crippen LogP contribution in [0.3, 0.4) is 0 Å². The zero-order chi connectivity index (χ0) is 11.5. The van der Waals surface area contributed by atoms with Gasteiger partial charge < -0.3 is 0 Å². The molecule has 0 heterocycles. The van der Waals surface area contributed by atoms with Gasteiger partial charge in [-0.1, -0.05) is 64.8 Å². The van der Waals surface area contributed by atoms with Gasteiger partial charge in [0.1, 0.15) is 0 Å². The van der Waals surface area contributed by atoms with Crippen molar-refractivity contribution in [3.8, 4) is 0 Å². The zero-order valence-corrected chi connectivity index (χ0v) is 10.8. The minimum Gasteiger partial charge on any atom is -0.0683 e. The lowest BCUT2D eigenvalue weighted by molar-refractivity contribution is 0.794. The van der Waals surface area contributed by atoms with E-state index >= 15 is 0 Å². The van der Waals surface area contributed by atoms with Crippen molar-refractivity contribution in [2.45, 2.75) is 59.8 Å². The monoisotopic (exact) mass is 206 g/mol. The topological polar surface area (TPSA) is 0 Å². The van der Waals surface area contributed by atoms with Crippen molar-refractivity contribution in [3.63, 3.8) is 0 Å². The zero-order valence-electron chi connectivity index (χ0n) is 10.8. The molecular formula is C15H26. The molecule has 0 heteroatoms. The van der Waals surface area contributed by atoms with Gasteiger partial charge in [-0.25, -0.2) is 0 Å². The van der Waals surface area contributed by atoms with E-state index in [4.69, 9.17) is 0 Å². The van der Waals surface area contributed by atoms with Crippen molar-refractivity contribution in [2.24, 2.45) is 0 Å². The van der Waals surface area contributed by atoms with Crippen LogP contribution in [0.5, 0.6) is 0 Å². The second-order valence-corrected chi connectivity index (χ2v) is 3.67. The van der Waals surface area contributed by atoms with E-state index in [2.05, 4.69) is 38.1 Å². The highest BCUT2D eigenvalue weighted by Crippen LogP contribution is 2.09. The predicted octanol–water partition coefficient (Wildman–Crippen LogP) is 5.01. The summed E-state index contributed by atoms with van der Waals surface area (Å²) in [5, 5.41) is 0. The molecule has 0 amide bonds. The Labute approximate surface area is 95.7 Å². The van der Waals surface area contributed by atoms with E-state index in [1.807, 2.05) is 13.8 Å². The summed E-state index contributed by atoms with van der Waals surface area (Å²) < 4.78 is 0. The van der Waals surface area contributed by atoms with Crippen LogP contribution >= 0.6 is 0 Å². The lowest BCUT2D eigenvalue weighted by Gasteiger charge is -2.02. The first kappa shape index (κ1) is 14.2. The van der Waals surface area contributed by atoms with E-state index in [1.54, 1.807) is 0 Å². The van der Waals surface area contributed by atoms with Gasteiger partial charge in [0.05, 0.1) is 0 Å². The normalized spacial score (nSPS) is 9.33. The molecule has 0 unspecified atom stereocenters. The number of hydrogen-bond acceptors (Lipinski definition) is 0. The maximum Gasteiger partial charge on any atom is -0.0279 e. The van der Waals surface area contributed by atoms with E-state index in [-0.39, 0.29) is 0 Å². The minimum atomic E-state index is 1.22. The first-order valence-electron chi connectivity index (χ1n) is 6.44. The molecule has 86 valence electrons. The standard InChI is InChI=1S/C13H20.C2H6/c1-3-5-7-13-10-8-12(6-4-2)9-11-13;1-2/h8-11H,3-7H2,1-2H3;1-2H3. The fourth-order valence-corrected chi connectivity index (χ4v) is 1.54. The summed E-state index contributed by atoms with van der Waals surface area (Å²) >= 11 is 0. The Hall–Kier alpha value is -0.780. The molecule has 0 spiro atoms. The maximum absolute atomic E-state index is 2.28. The molecule has 0 nitrogen and oxygen atoms in total. The van der Waals surface area contributed by atoms with Crippen molar-refractivity contribution in [2.75, 3.05) is 0 Å². The number of aryl methyl sites for hydroxylation is 2. The number of hydrogen-bond donors (Lipinski definition) is 0. The molecule has 1 rings (SSSR count). The van der Waals surface area contributed by atoms with Crippen LogP contribution in [0.1, 0.15) is 58.1 Å². The van der Waals surface area contributed by atoms with Crippen molar-refractivity contribution in [1.82, 2.24) is 0 Å². The van der Waals surface area contributed by atoms with Crippen LogP contribution in [0.25, 0.3) is 0 Å². The molecule has 1 aromatic carbocycles. The van der Waals surface area contributed by atoms with Crippen LogP contribution in [-0.2, 0) is 12.8 Å². The fourth-order valence-electron chi connectivity index (χ4n) is 1.54. The first-order valence-corrected chi connectivity index (χ1v) is 6.44. The summed E-state index contributed by atoms with van der Waals surface area (Å²) in [5.41, 5.74) is 2.96. The van der Waals surface area contributed by atoms with Gasteiger partial charge in [-0.3, -0.25) is 0 Å². The van der Waals surface area contributed by atoms with Gasteiger partial charge in [-0.2, -0.15) is 0 Å². The van der Waals surface area contributed by atoms with Gasteiger partial charge in [0.2, 0.25) is 0 Å². The molecule has 0 aliphatic carbocycles. The van der Waals surface area contributed by atoms with E-state index in [9.17, 15) is 0 Å². The second kappa shape index (κ2) is 9.76. The van der Waals surface area contributed by atoms with Crippen LogP contribution < -0.4 is 0 Å². The molecule has 0 aromatic heterocycles. The quantitative estimate of drug-likeness (QED) is 0.635. The van der Waals surface area contributed by atoms with Crippen LogP contribution in [0.2, 0.25) is 0 Å². The Morgan fingerprint density at radius 1 is 0.733 bits per heavy atom. The van der Waals surface area contributed by atoms with Gasteiger partial charge in [-0.15, -0.1) is 0 Å². The van der Waals surface area contributed by atoms with Gasteiger partial charge in [-0.05, 0) is 30.4 Å². The van der Waals surface area contributed by atoms with Gasteiger partial charge in [0.25, 0.3) is 0 Å². The highest BCUT2D eigenvalue weighted by molar-refractivity contribution is 5.22. The van der Waals surface area contributed by atoms with Crippen molar-refractivity contribution in [3.05, 3.63) is 35.4 Å². The molecular weight excluding hydrogens is 180 g/mol. The summed E-state index contributed by atoms with van der Waals surface area (Å²) in [6.07, 6.45) is 6.30. The maximum atomic E-state index is 2.28. The molecule has 0 aliphatic heterocycles. The van der Waals surface area contributed by atoms with Crippen molar-refractivity contribution < 1.29 is 0 Å². The van der Waals surface area contributed by atoms with E-state index in [0.717, 1.165) is 0 Å². The van der Waals surface area contributed by atoms with Crippen molar-refractivity contribution in [1.29, 1.82) is 0 Å². The summed E-state index contributed by atoms with van der Waals surface area (Å²) in [4.78, 5) is 0. The largest absolute Gasteiger partial charge is 0.0683 e. The molecule has 0 N–H and O–H groups in total. The van der Waals surface area contributed by atoms with Crippen LogP contribution in [0.4, 0.5) is 0 Å². The predicted molar refractivity (Wildman–Crippen MR) is 70.4 cm³/mol. The molecule has 15 heavy (non-hydrogen) atoms. The van der Waals surface area contributed by atoms with Crippen LogP contribution in [0, 0.1) is 0 Å². The minimum absolute atomic E-state index is 1.22. The second-order valence-electron chi connectivity index (χ2n) is 3.67. The summed E-state index contributed by atoms with van der Waals surface area (Å²) in [6.45, 7) is 8.47. The third-order valence-corrected chi connectivity index (χ3v) is 2.38. The first-order chi connectivity index (χ1) is 7.36. The average molecular weight is 206 g/mol. The third-order valence-electron chi connectivity index (χ3n) is 2.38. The molecule has 0 saturated heterocycles. The van der Waals surface area contributed by atoms with Gasteiger partial charge in [0, 0.05) is 0 Å². The van der Waals surface area contributed by atoms with Crippen LogP contribution in [0.15, 0.2) is 24.3 Å². The Morgan fingerprint density at radius 3 is 1.60 bits per heavy atom. The molecule has 0 bridgehead atoms. The fraction of sp³-hybridized carbons (Fsp3) is 0.600. The average Bonchev–Trinajstić information content (AvgIpc) is 2.31. The van der Waals surface area contributed by atoms with Crippen molar-refractivity contribution >= 4 is 0 Å². The van der Waals surface area contributed by atoms with Crippen LogP contribution in [-0.4, -0.2) is 0 Å². The lowest BCUT2D eigenvalue weighted by Crippen LogP contribution is -1.87. The summed E-state index contributed by atoms with van der Waals surface area (Å²) in [7, 11) is 0. The number of rotatable bonds is 5. The molecule has 0 fully saturated rings. The molecule has 0 radical (unpaired) electrons. The molecule has 0 aliphatic rings.